The minimum Gasteiger partial charge on any atom is -0.487 e. The van der Waals surface area contributed by atoms with Crippen molar-refractivity contribution < 1.29 is 9.84 Å². The summed E-state index contributed by atoms with van der Waals surface area (Å²) in [5.41, 5.74) is 4.20. The Morgan fingerprint density at radius 2 is 1.84 bits per heavy atom. The van der Waals surface area contributed by atoms with E-state index in [0.717, 1.165) is 23.3 Å². The van der Waals surface area contributed by atoms with Crippen LogP contribution in [0.3, 0.4) is 0 Å². The zero-order valence-electron chi connectivity index (χ0n) is 11.3. The highest BCUT2D eigenvalue weighted by molar-refractivity contribution is 5.68. The van der Waals surface area contributed by atoms with E-state index in [0.29, 0.717) is 0 Å². The molecule has 1 aliphatic heterocycles. The van der Waals surface area contributed by atoms with E-state index in [1.54, 1.807) is 0 Å². The first-order chi connectivity index (χ1) is 9.09. The lowest BCUT2D eigenvalue weighted by molar-refractivity contribution is 0.134. The molecule has 0 unspecified atom stereocenters. The van der Waals surface area contributed by atoms with Gasteiger partial charge in [0.2, 0.25) is 0 Å². The molecule has 2 nitrogen and oxygen atoms in total. The standard InChI is InChI=1S/C17H18O2/c1-17(2)10-14-8-13(12-6-4-3-5-7-12)9-15(11-18)16(14)19-17/h3-9,18H,10-11H2,1-2H3. The van der Waals surface area contributed by atoms with E-state index < -0.39 is 0 Å². The summed E-state index contributed by atoms with van der Waals surface area (Å²) in [6, 6.07) is 14.4. The molecule has 0 atom stereocenters. The molecule has 3 rings (SSSR count). The maximum absolute atomic E-state index is 9.56. The SMILES string of the molecule is CC1(C)Cc2cc(-c3ccccc3)cc(CO)c2O1. The third kappa shape index (κ3) is 2.24. The molecule has 0 saturated heterocycles. The van der Waals surface area contributed by atoms with Crippen LogP contribution in [0, 0.1) is 0 Å². The van der Waals surface area contributed by atoms with Gasteiger partial charge >= 0.3 is 0 Å². The van der Waals surface area contributed by atoms with Gasteiger partial charge in [-0.2, -0.15) is 0 Å². The van der Waals surface area contributed by atoms with Crippen molar-refractivity contribution in [1.29, 1.82) is 0 Å². The Labute approximate surface area is 113 Å². The van der Waals surface area contributed by atoms with Crippen molar-refractivity contribution in [3.63, 3.8) is 0 Å². The molecule has 2 heteroatoms. The lowest BCUT2D eigenvalue weighted by Crippen LogP contribution is -2.24. The van der Waals surface area contributed by atoms with Crippen LogP contribution < -0.4 is 4.74 Å². The summed E-state index contributed by atoms with van der Waals surface area (Å²) in [5, 5.41) is 9.56. The summed E-state index contributed by atoms with van der Waals surface area (Å²) >= 11 is 0. The van der Waals surface area contributed by atoms with E-state index in [1.165, 1.54) is 11.1 Å². The number of aliphatic hydroxyl groups excluding tert-OH is 1. The zero-order chi connectivity index (χ0) is 13.5. The first-order valence-electron chi connectivity index (χ1n) is 6.60. The van der Waals surface area contributed by atoms with Gasteiger partial charge in [0.1, 0.15) is 11.4 Å². The van der Waals surface area contributed by atoms with E-state index >= 15 is 0 Å². The molecule has 2 aromatic carbocycles. The maximum Gasteiger partial charge on any atom is 0.129 e. The molecule has 98 valence electrons. The summed E-state index contributed by atoms with van der Waals surface area (Å²) in [7, 11) is 0. The van der Waals surface area contributed by atoms with Crippen LogP contribution in [0.1, 0.15) is 25.0 Å². The van der Waals surface area contributed by atoms with Gasteiger partial charge in [-0.3, -0.25) is 0 Å². The van der Waals surface area contributed by atoms with Crippen molar-refractivity contribution in [2.45, 2.75) is 32.5 Å². The molecule has 19 heavy (non-hydrogen) atoms. The first kappa shape index (κ1) is 12.2. The van der Waals surface area contributed by atoms with Gasteiger partial charge in [-0.25, -0.2) is 0 Å². The molecule has 1 N–H and O–H groups in total. The van der Waals surface area contributed by atoms with E-state index in [4.69, 9.17) is 4.74 Å². The van der Waals surface area contributed by atoms with Crippen molar-refractivity contribution in [2.75, 3.05) is 0 Å². The number of hydrogen-bond donors (Lipinski definition) is 1. The van der Waals surface area contributed by atoms with E-state index in [1.807, 2.05) is 24.3 Å². The molecule has 2 aromatic rings. The van der Waals surface area contributed by atoms with Crippen LogP contribution in [0.5, 0.6) is 5.75 Å². The van der Waals surface area contributed by atoms with Gasteiger partial charge in [0, 0.05) is 12.0 Å². The molecular weight excluding hydrogens is 236 g/mol. The Morgan fingerprint density at radius 3 is 2.53 bits per heavy atom. The fourth-order valence-electron chi connectivity index (χ4n) is 2.70. The van der Waals surface area contributed by atoms with Crippen LogP contribution in [-0.4, -0.2) is 10.7 Å². The Hall–Kier alpha value is -1.80. The van der Waals surface area contributed by atoms with Gasteiger partial charge in [0.05, 0.1) is 6.61 Å². The third-order valence-corrected chi connectivity index (χ3v) is 3.51. The molecule has 0 spiro atoms. The summed E-state index contributed by atoms with van der Waals surface area (Å²) in [6.45, 7) is 4.17. The van der Waals surface area contributed by atoms with E-state index in [2.05, 4.69) is 32.0 Å². The monoisotopic (exact) mass is 254 g/mol. The van der Waals surface area contributed by atoms with Crippen molar-refractivity contribution >= 4 is 0 Å². The highest BCUT2D eigenvalue weighted by Crippen LogP contribution is 2.40. The topological polar surface area (TPSA) is 29.5 Å². The number of ether oxygens (including phenoxy) is 1. The largest absolute Gasteiger partial charge is 0.487 e. The van der Waals surface area contributed by atoms with Crippen molar-refractivity contribution in [2.24, 2.45) is 0 Å². The van der Waals surface area contributed by atoms with E-state index in [9.17, 15) is 5.11 Å². The van der Waals surface area contributed by atoms with E-state index in [-0.39, 0.29) is 12.2 Å². The lowest BCUT2D eigenvalue weighted by atomic mass is 9.95. The second kappa shape index (κ2) is 4.39. The average Bonchev–Trinajstić information content (AvgIpc) is 2.72. The highest BCUT2D eigenvalue weighted by atomic mass is 16.5. The van der Waals surface area contributed by atoms with Crippen LogP contribution in [0.25, 0.3) is 11.1 Å². The molecule has 0 aliphatic carbocycles. The van der Waals surface area contributed by atoms with Crippen LogP contribution in [0.2, 0.25) is 0 Å². The predicted octanol–water partition coefficient (Wildman–Crippen LogP) is 3.56. The lowest BCUT2D eigenvalue weighted by Gasteiger charge is -2.18. The fourth-order valence-corrected chi connectivity index (χ4v) is 2.70. The van der Waals surface area contributed by atoms with Crippen LogP contribution in [-0.2, 0) is 13.0 Å². The molecule has 0 bridgehead atoms. The Morgan fingerprint density at radius 1 is 1.11 bits per heavy atom. The van der Waals surface area contributed by atoms with Gasteiger partial charge in [-0.1, -0.05) is 30.3 Å². The number of fused-ring (bicyclic) bond motifs is 1. The number of benzene rings is 2. The summed E-state index contributed by atoms with van der Waals surface area (Å²) in [4.78, 5) is 0. The van der Waals surface area contributed by atoms with Gasteiger partial charge in [-0.15, -0.1) is 0 Å². The number of hydrogen-bond acceptors (Lipinski definition) is 2. The minimum atomic E-state index is -0.179. The average molecular weight is 254 g/mol. The van der Waals surface area contributed by atoms with Gasteiger partial charge in [0.25, 0.3) is 0 Å². The molecule has 0 fully saturated rings. The summed E-state index contributed by atoms with van der Waals surface area (Å²) in [6.07, 6.45) is 0.885. The first-order valence-corrected chi connectivity index (χ1v) is 6.60. The Bertz CT molecular complexity index is 600. The van der Waals surface area contributed by atoms with Crippen molar-refractivity contribution in [3.05, 3.63) is 53.6 Å². The number of rotatable bonds is 2. The minimum absolute atomic E-state index is 0.0130. The van der Waals surface area contributed by atoms with Crippen LogP contribution >= 0.6 is 0 Å². The molecule has 1 heterocycles. The molecule has 0 amide bonds. The normalized spacial score (nSPS) is 15.9. The predicted molar refractivity (Wildman–Crippen MR) is 76.2 cm³/mol. The van der Waals surface area contributed by atoms with Crippen molar-refractivity contribution in [1.82, 2.24) is 0 Å². The number of aliphatic hydroxyl groups is 1. The van der Waals surface area contributed by atoms with Crippen LogP contribution in [0.4, 0.5) is 0 Å². The highest BCUT2D eigenvalue weighted by Gasteiger charge is 2.32. The second-order valence-corrected chi connectivity index (χ2v) is 5.69. The molecule has 1 aliphatic rings. The zero-order valence-corrected chi connectivity index (χ0v) is 11.3. The fraction of sp³-hybridized carbons (Fsp3) is 0.294. The summed E-state index contributed by atoms with van der Waals surface area (Å²) in [5.74, 6) is 0.868. The second-order valence-electron chi connectivity index (χ2n) is 5.69. The molecule has 0 radical (unpaired) electrons. The molecule has 0 saturated carbocycles. The molecular formula is C17H18O2. The Balaban J connectivity index is 2.12. The van der Waals surface area contributed by atoms with Gasteiger partial charge in [-0.05, 0) is 42.7 Å². The smallest absolute Gasteiger partial charge is 0.129 e. The molecule has 0 aromatic heterocycles. The van der Waals surface area contributed by atoms with Crippen LogP contribution in [0.15, 0.2) is 42.5 Å². The maximum atomic E-state index is 9.56. The van der Waals surface area contributed by atoms with Gasteiger partial charge < -0.3 is 9.84 Å². The quantitative estimate of drug-likeness (QED) is 0.888. The third-order valence-electron chi connectivity index (χ3n) is 3.51. The van der Waals surface area contributed by atoms with Gasteiger partial charge in [0.15, 0.2) is 0 Å². The van der Waals surface area contributed by atoms with Crippen molar-refractivity contribution in [3.8, 4) is 16.9 Å². The summed E-state index contributed by atoms with van der Waals surface area (Å²) < 4.78 is 5.95. The Kier molecular flexibility index (Phi) is 2.83.